The number of hydrogen-bond donors (Lipinski definition) is 1. The van der Waals surface area contributed by atoms with Gasteiger partial charge in [0.25, 0.3) is 0 Å². The van der Waals surface area contributed by atoms with Gasteiger partial charge in [-0.05, 0) is 30.2 Å². The summed E-state index contributed by atoms with van der Waals surface area (Å²) in [6.45, 7) is 0.777. The molecule has 0 saturated carbocycles. The van der Waals surface area contributed by atoms with E-state index in [2.05, 4.69) is 16.0 Å². The first kappa shape index (κ1) is 13.4. The maximum Gasteiger partial charge on any atom is 0.237 e. The van der Waals surface area contributed by atoms with Gasteiger partial charge in [-0.2, -0.15) is 0 Å². The largest absolute Gasteiger partial charge is 0.333 e. The summed E-state index contributed by atoms with van der Waals surface area (Å²) in [4.78, 5) is 22.1. The fraction of sp³-hybridized carbons (Fsp3) is 0.176. The summed E-state index contributed by atoms with van der Waals surface area (Å²) in [6.07, 6.45) is 0.942. The van der Waals surface area contributed by atoms with Crippen LogP contribution in [-0.2, 0) is 11.2 Å². The van der Waals surface area contributed by atoms with Crippen LogP contribution in [0.5, 0.6) is 0 Å². The van der Waals surface area contributed by atoms with Gasteiger partial charge in [-0.15, -0.1) is 0 Å². The van der Waals surface area contributed by atoms with Crippen LogP contribution in [0.25, 0.3) is 11.0 Å². The fourth-order valence-corrected chi connectivity index (χ4v) is 3.56. The highest BCUT2D eigenvalue weighted by Gasteiger charge is 2.24. The molecule has 1 aromatic heterocycles. The van der Waals surface area contributed by atoms with Crippen molar-refractivity contribution in [2.45, 2.75) is 11.6 Å². The van der Waals surface area contributed by atoms with Gasteiger partial charge in [-0.1, -0.05) is 42.1 Å². The first-order chi connectivity index (χ1) is 10.8. The van der Waals surface area contributed by atoms with Crippen LogP contribution in [-0.4, -0.2) is 28.2 Å². The molecule has 1 aliphatic rings. The van der Waals surface area contributed by atoms with Crippen LogP contribution >= 0.6 is 11.8 Å². The van der Waals surface area contributed by atoms with E-state index in [0.717, 1.165) is 34.8 Å². The van der Waals surface area contributed by atoms with Gasteiger partial charge in [0.2, 0.25) is 5.91 Å². The number of nitrogens with zero attached hydrogens (tertiary/aromatic N) is 2. The molecule has 1 amide bonds. The smallest absolute Gasteiger partial charge is 0.237 e. The molecule has 0 aliphatic carbocycles. The number of anilines is 1. The van der Waals surface area contributed by atoms with Gasteiger partial charge in [-0.25, -0.2) is 4.98 Å². The summed E-state index contributed by atoms with van der Waals surface area (Å²) < 4.78 is 0. The summed E-state index contributed by atoms with van der Waals surface area (Å²) in [5.74, 6) is 0.532. The van der Waals surface area contributed by atoms with Crippen LogP contribution in [0.3, 0.4) is 0 Å². The number of nitrogens with one attached hydrogen (secondary N) is 1. The van der Waals surface area contributed by atoms with Gasteiger partial charge < -0.3 is 9.88 Å². The number of benzene rings is 2. The first-order valence-corrected chi connectivity index (χ1v) is 8.25. The lowest BCUT2D eigenvalue weighted by Crippen LogP contribution is -2.30. The molecule has 0 unspecified atom stereocenters. The molecule has 0 saturated heterocycles. The number of rotatable bonds is 3. The Morgan fingerprint density at radius 1 is 1.18 bits per heavy atom. The van der Waals surface area contributed by atoms with E-state index in [0.29, 0.717) is 5.75 Å². The first-order valence-electron chi connectivity index (χ1n) is 7.27. The SMILES string of the molecule is O=C(CSc1nc2ccccc2[nH]1)N1CCc2ccccc21. The molecule has 0 radical (unpaired) electrons. The number of carbonyl (C=O) groups is 1. The zero-order chi connectivity index (χ0) is 14.9. The molecule has 5 heteroatoms. The van der Waals surface area contributed by atoms with E-state index < -0.39 is 0 Å². The maximum absolute atomic E-state index is 12.5. The molecule has 1 aliphatic heterocycles. The number of imidazole rings is 1. The molecule has 0 atom stereocenters. The third kappa shape index (κ3) is 2.37. The number of aromatic nitrogens is 2. The molecule has 4 nitrogen and oxygen atoms in total. The second-order valence-electron chi connectivity index (χ2n) is 5.27. The van der Waals surface area contributed by atoms with Gasteiger partial charge in [0.15, 0.2) is 5.16 Å². The summed E-state index contributed by atoms with van der Waals surface area (Å²) in [5.41, 5.74) is 4.25. The predicted octanol–water partition coefficient (Wildman–Crippen LogP) is 3.24. The van der Waals surface area contributed by atoms with Gasteiger partial charge in [-0.3, -0.25) is 4.79 Å². The van der Waals surface area contributed by atoms with E-state index in [4.69, 9.17) is 0 Å². The van der Waals surface area contributed by atoms with Crippen LogP contribution in [0, 0.1) is 0 Å². The molecule has 2 aromatic carbocycles. The standard InChI is InChI=1S/C17H15N3OS/c21-16(20-10-9-12-5-1-4-8-15(12)20)11-22-17-18-13-6-2-3-7-14(13)19-17/h1-8H,9-11H2,(H,18,19). The minimum absolute atomic E-state index is 0.135. The van der Waals surface area contributed by atoms with Crippen molar-refractivity contribution in [2.75, 3.05) is 17.2 Å². The zero-order valence-corrected chi connectivity index (χ0v) is 12.8. The summed E-state index contributed by atoms with van der Waals surface area (Å²) >= 11 is 1.46. The normalized spacial score (nSPS) is 13.5. The highest BCUT2D eigenvalue weighted by Crippen LogP contribution is 2.28. The van der Waals surface area contributed by atoms with Gasteiger partial charge in [0.1, 0.15) is 0 Å². The molecule has 0 spiro atoms. The number of fused-ring (bicyclic) bond motifs is 2. The molecule has 22 heavy (non-hydrogen) atoms. The van der Waals surface area contributed by atoms with Crippen molar-refractivity contribution in [3.8, 4) is 0 Å². The third-order valence-corrected chi connectivity index (χ3v) is 4.75. The average Bonchev–Trinajstić information content (AvgIpc) is 3.16. The highest BCUT2D eigenvalue weighted by atomic mass is 32.2. The lowest BCUT2D eigenvalue weighted by molar-refractivity contribution is -0.116. The molecular formula is C17H15N3OS. The quantitative estimate of drug-likeness (QED) is 0.756. The van der Waals surface area contributed by atoms with E-state index in [1.807, 2.05) is 47.4 Å². The van der Waals surface area contributed by atoms with Crippen LogP contribution in [0.15, 0.2) is 53.7 Å². The van der Waals surface area contributed by atoms with Crippen molar-refractivity contribution in [2.24, 2.45) is 0 Å². The molecule has 0 fully saturated rings. The van der Waals surface area contributed by atoms with Crippen LogP contribution < -0.4 is 4.90 Å². The van der Waals surface area contributed by atoms with Gasteiger partial charge in [0.05, 0.1) is 16.8 Å². The van der Waals surface area contributed by atoms with Gasteiger partial charge >= 0.3 is 0 Å². The second-order valence-corrected chi connectivity index (χ2v) is 6.24. The Labute approximate surface area is 132 Å². The molecule has 110 valence electrons. The number of amides is 1. The fourth-order valence-electron chi connectivity index (χ4n) is 2.80. The molecule has 3 aromatic rings. The third-order valence-electron chi connectivity index (χ3n) is 3.89. The maximum atomic E-state index is 12.5. The summed E-state index contributed by atoms with van der Waals surface area (Å²) in [7, 11) is 0. The topological polar surface area (TPSA) is 49.0 Å². The highest BCUT2D eigenvalue weighted by molar-refractivity contribution is 7.99. The van der Waals surface area contributed by atoms with Crippen molar-refractivity contribution >= 4 is 34.4 Å². The van der Waals surface area contributed by atoms with Crippen LogP contribution in [0.2, 0.25) is 0 Å². The molecule has 0 bridgehead atoms. The minimum Gasteiger partial charge on any atom is -0.333 e. The summed E-state index contributed by atoms with van der Waals surface area (Å²) in [5, 5.41) is 0.794. The molecule has 1 N–H and O–H groups in total. The Balaban J connectivity index is 1.47. The number of carbonyl (C=O) groups excluding carboxylic acids is 1. The molecule has 2 heterocycles. The Morgan fingerprint density at radius 2 is 2.00 bits per heavy atom. The zero-order valence-electron chi connectivity index (χ0n) is 12.0. The van der Waals surface area contributed by atoms with Crippen molar-refractivity contribution in [1.82, 2.24) is 9.97 Å². The minimum atomic E-state index is 0.135. The predicted molar refractivity (Wildman–Crippen MR) is 89.3 cm³/mol. The van der Waals surface area contributed by atoms with Crippen molar-refractivity contribution < 1.29 is 4.79 Å². The number of aromatic amines is 1. The van der Waals surface area contributed by atoms with Gasteiger partial charge in [0, 0.05) is 12.2 Å². The van der Waals surface area contributed by atoms with E-state index in [-0.39, 0.29) is 5.91 Å². The number of para-hydroxylation sites is 3. The van der Waals surface area contributed by atoms with Crippen molar-refractivity contribution in [3.63, 3.8) is 0 Å². The van der Waals surface area contributed by atoms with Crippen molar-refractivity contribution in [1.29, 1.82) is 0 Å². The molecular weight excluding hydrogens is 294 g/mol. The monoisotopic (exact) mass is 309 g/mol. The average molecular weight is 309 g/mol. The molecule has 4 rings (SSSR count). The second kappa shape index (κ2) is 5.50. The van der Waals surface area contributed by atoms with E-state index in [1.54, 1.807) is 0 Å². The lowest BCUT2D eigenvalue weighted by atomic mass is 10.2. The Kier molecular flexibility index (Phi) is 3.35. The van der Waals surface area contributed by atoms with Crippen LogP contribution in [0.1, 0.15) is 5.56 Å². The Hall–Kier alpha value is -2.27. The van der Waals surface area contributed by atoms with E-state index in [1.165, 1.54) is 17.3 Å². The Morgan fingerprint density at radius 3 is 2.91 bits per heavy atom. The lowest BCUT2D eigenvalue weighted by Gasteiger charge is -2.16. The Bertz CT molecular complexity index is 810. The van der Waals surface area contributed by atoms with Crippen molar-refractivity contribution in [3.05, 3.63) is 54.1 Å². The van der Waals surface area contributed by atoms with E-state index >= 15 is 0 Å². The summed E-state index contributed by atoms with van der Waals surface area (Å²) in [6, 6.07) is 16.0. The number of H-pyrrole nitrogens is 1. The van der Waals surface area contributed by atoms with E-state index in [9.17, 15) is 4.79 Å². The van der Waals surface area contributed by atoms with Crippen LogP contribution in [0.4, 0.5) is 5.69 Å². The number of hydrogen-bond acceptors (Lipinski definition) is 3. The number of thioether (sulfide) groups is 1.